The van der Waals surface area contributed by atoms with Crippen LogP contribution in [0.1, 0.15) is 69.6 Å². The van der Waals surface area contributed by atoms with Crippen LogP contribution in [-0.4, -0.2) is 100 Å². The molecule has 2 aliphatic heterocycles. The predicted octanol–water partition coefficient (Wildman–Crippen LogP) is 11.2. The van der Waals surface area contributed by atoms with Crippen LogP contribution < -0.4 is 0 Å². The van der Waals surface area contributed by atoms with Gasteiger partial charge in [-0.3, -0.25) is 4.79 Å². The lowest BCUT2D eigenvalue weighted by molar-refractivity contribution is -0.283. The first-order valence-electron chi connectivity index (χ1n) is 24.0. The van der Waals surface area contributed by atoms with E-state index in [-0.39, 0.29) is 12.8 Å². The maximum absolute atomic E-state index is 15.3. The van der Waals surface area contributed by atoms with Crippen LogP contribution >= 0.6 is 0 Å². The second-order valence-corrected chi connectivity index (χ2v) is 18.1. The predicted molar refractivity (Wildman–Crippen MR) is 255 cm³/mol. The molecule has 1 fully saturated rings. The topological polar surface area (TPSA) is 145 Å². The van der Waals surface area contributed by atoms with Gasteiger partial charge in [-0.25, -0.2) is 14.4 Å². The quantitative estimate of drug-likeness (QED) is 0.0393. The zero-order valence-electron chi connectivity index (χ0n) is 42.2. The zero-order chi connectivity index (χ0) is 56.1. The Morgan fingerprint density at radius 2 is 1.11 bits per heavy atom. The van der Waals surface area contributed by atoms with Gasteiger partial charge in [0.05, 0.1) is 6.10 Å². The van der Waals surface area contributed by atoms with Crippen molar-refractivity contribution >= 4 is 23.9 Å². The standard InChI is InChI=1S/C55H59F9O12/c1-7-8-9-13-21-35(2)32-43(76-49(68)52(71-6,55(62,63)64)39-27-18-12-19-28-39)45-34-44-42(72-44)31-30-41(75-48(67)51(70-5,54(59,60)61)38-25-16-11-17-26-38)40(29-20-22-36(3)33-46(65)73-45)74-47(66)50(69-4,53(56,57)58)37-23-14-10-15-24-37/h7-8,10-21,23-31,35-36,40-45H,9,22,32-34H2,1-6H3/b8-7+,21-13+,29-20+,31-30+/t35-,36-,40-,41-,42-,43-,44-,45-,50+,51+,52+/m0/s1. The van der Waals surface area contributed by atoms with Crippen molar-refractivity contribution < 1.29 is 96.6 Å². The van der Waals surface area contributed by atoms with E-state index in [0.717, 1.165) is 54.6 Å². The number of carbonyl (C=O) groups is 4. The molecular formula is C55H59F9O12. The molecular weight excluding hydrogens is 1020 g/mol. The van der Waals surface area contributed by atoms with E-state index in [1.807, 2.05) is 6.08 Å². The lowest BCUT2D eigenvalue weighted by Gasteiger charge is -2.36. The maximum Gasteiger partial charge on any atom is 0.432 e. The highest BCUT2D eigenvalue weighted by atomic mass is 19.4. The average molecular weight is 1080 g/mol. The van der Waals surface area contributed by atoms with Crippen LogP contribution in [0, 0.1) is 11.8 Å². The minimum Gasteiger partial charge on any atom is -0.458 e. The Kier molecular flexibility index (Phi) is 20.5. The van der Waals surface area contributed by atoms with Gasteiger partial charge in [-0.2, -0.15) is 39.5 Å². The van der Waals surface area contributed by atoms with Crippen LogP contribution in [0.25, 0.3) is 0 Å². The van der Waals surface area contributed by atoms with Crippen molar-refractivity contribution in [1.82, 2.24) is 0 Å². The Labute approximate surface area is 433 Å². The number of methoxy groups -OCH3 is 3. The maximum atomic E-state index is 15.3. The van der Waals surface area contributed by atoms with Crippen LogP contribution in [-0.2, 0) is 73.9 Å². The summed E-state index contributed by atoms with van der Waals surface area (Å²) in [5.41, 5.74) is -13.5. The number of ether oxygens (including phenoxy) is 8. The van der Waals surface area contributed by atoms with Crippen molar-refractivity contribution in [3.8, 4) is 0 Å². The Morgan fingerprint density at radius 3 is 1.54 bits per heavy atom. The van der Waals surface area contributed by atoms with Gasteiger partial charge < -0.3 is 37.9 Å². The van der Waals surface area contributed by atoms with Gasteiger partial charge in [0, 0.05) is 50.9 Å². The van der Waals surface area contributed by atoms with E-state index in [1.165, 1.54) is 67.6 Å². The first kappa shape index (κ1) is 60.6. The normalized spacial score (nSPS) is 24.9. The summed E-state index contributed by atoms with van der Waals surface area (Å²) in [5.74, 6) is -8.35. The Bertz CT molecular complexity index is 2520. The van der Waals surface area contributed by atoms with Crippen LogP contribution in [0.2, 0.25) is 0 Å². The third-order valence-electron chi connectivity index (χ3n) is 12.8. The van der Waals surface area contributed by atoms with Gasteiger partial charge in [-0.15, -0.1) is 0 Å². The minimum absolute atomic E-state index is 0.181. The van der Waals surface area contributed by atoms with E-state index >= 15 is 39.5 Å². The number of cyclic esters (lactones) is 1. The average Bonchev–Trinajstić information content (AvgIpc) is 4.11. The molecule has 0 unspecified atom stereocenters. The number of hydrogen-bond donors (Lipinski definition) is 0. The smallest absolute Gasteiger partial charge is 0.432 e. The molecule has 5 rings (SSSR count). The Morgan fingerprint density at radius 1 is 0.658 bits per heavy atom. The van der Waals surface area contributed by atoms with Gasteiger partial charge in [0.2, 0.25) is 0 Å². The van der Waals surface area contributed by atoms with Crippen molar-refractivity contribution in [2.24, 2.45) is 11.8 Å². The molecule has 0 bridgehead atoms. The number of halogens is 9. The summed E-state index contributed by atoms with van der Waals surface area (Å²) in [4.78, 5) is 56.5. The number of alkyl halides is 9. The van der Waals surface area contributed by atoms with Gasteiger partial charge in [0.15, 0.2) is 12.2 Å². The van der Waals surface area contributed by atoms with Gasteiger partial charge in [-0.05, 0) is 50.2 Å². The van der Waals surface area contributed by atoms with Crippen molar-refractivity contribution in [3.05, 3.63) is 156 Å². The fraction of sp³-hybridized carbons (Fsp3) is 0.455. The van der Waals surface area contributed by atoms with Crippen molar-refractivity contribution in [1.29, 1.82) is 0 Å². The molecule has 0 N–H and O–H groups in total. The van der Waals surface area contributed by atoms with Crippen molar-refractivity contribution in [2.75, 3.05) is 21.3 Å². The number of hydrogen-bond acceptors (Lipinski definition) is 12. The number of rotatable bonds is 18. The molecule has 2 heterocycles. The molecule has 11 atom stereocenters. The summed E-state index contributed by atoms with van der Waals surface area (Å²) < 4.78 is 180. The summed E-state index contributed by atoms with van der Waals surface area (Å²) in [6, 6.07) is 17.2. The van der Waals surface area contributed by atoms with Gasteiger partial charge in [-0.1, -0.05) is 141 Å². The molecule has 76 heavy (non-hydrogen) atoms. The zero-order valence-corrected chi connectivity index (χ0v) is 42.2. The van der Waals surface area contributed by atoms with Gasteiger partial charge >= 0.3 is 42.4 Å². The fourth-order valence-electron chi connectivity index (χ4n) is 8.74. The Hall–Kier alpha value is -6.29. The highest BCUT2D eigenvalue weighted by Crippen LogP contribution is 2.47. The van der Waals surface area contributed by atoms with E-state index in [2.05, 4.69) is 0 Å². The minimum atomic E-state index is -5.55. The molecule has 414 valence electrons. The third kappa shape index (κ3) is 13.6. The molecule has 12 nitrogen and oxygen atoms in total. The van der Waals surface area contributed by atoms with Crippen LogP contribution in [0.15, 0.2) is 140 Å². The molecule has 2 aliphatic rings. The summed E-state index contributed by atoms with van der Waals surface area (Å²) in [5, 5.41) is 0. The molecule has 0 spiro atoms. The fourth-order valence-corrected chi connectivity index (χ4v) is 8.74. The molecule has 21 heteroatoms. The lowest BCUT2D eigenvalue weighted by atomic mass is 9.91. The number of carbonyl (C=O) groups excluding carboxylic acids is 4. The number of benzene rings is 3. The molecule has 0 amide bonds. The second kappa shape index (κ2) is 25.7. The van der Waals surface area contributed by atoms with Crippen molar-refractivity contribution in [3.63, 3.8) is 0 Å². The highest BCUT2D eigenvalue weighted by molar-refractivity contribution is 5.85. The summed E-state index contributed by atoms with van der Waals surface area (Å²) >= 11 is 0. The first-order chi connectivity index (χ1) is 35.9. The summed E-state index contributed by atoms with van der Waals surface area (Å²) in [6.45, 7) is 5.01. The monoisotopic (exact) mass is 1080 g/mol. The van der Waals surface area contributed by atoms with E-state index in [4.69, 9.17) is 37.9 Å². The molecule has 0 radical (unpaired) electrons. The summed E-state index contributed by atoms with van der Waals surface area (Å²) in [7, 11) is 1.85. The van der Waals surface area contributed by atoms with E-state index in [0.29, 0.717) is 27.8 Å². The first-order valence-corrected chi connectivity index (χ1v) is 24.0. The van der Waals surface area contributed by atoms with E-state index in [9.17, 15) is 19.2 Å². The van der Waals surface area contributed by atoms with Crippen LogP contribution in [0.5, 0.6) is 0 Å². The number of epoxide rings is 1. The molecule has 0 aliphatic carbocycles. The molecule has 3 aromatic rings. The van der Waals surface area contributed by atoms with Crippen LogP contribution in [0.4, 0.5) is 39.5 Å². The van der Waals surface area contributed by atoms with E-state index < -0.39 is 137 Å². The molecule has 1 saturated heterocycles. The largest absolute Gasteiger partial charge is 0.458 e. The van der Waals surface area contributed by atoms with Gasteiger partial charge in [0.25, 0.3) is 16.8 Å². The van der Waals surface area contributed by atoms with Crippen LogP contribution in [0.3, 0.4) is 0 Å². The number of fused-ring (bicyclic) bond motifs is 1. The molecule has 3 aromatic carbocycles. The lowest BCUT2D eigenvalue weighted by Crippen LogP contribution is -2.55. The molecule has 0 saturated carbocycles. The van der Waals surface area contributed by atoms with E-state index in [1.54, 1.807) is 32.1 Å². The van der Waals surface area contributed by atoms with Gasteiger partial charge in [0.1, 0.15) is 18.3 Å². The Balaban J connectivity index is 1.63. The number of esters is 4. The third-order valence-corrected chi connectivity index (χ3v) is 12.8. The summed E-state index contributed by atoms with van der Waals surface area (Å²) in [6.07, 6.45) is -15.7. The highest BCUT2D eigenvalue weighted by Gasteiger charge is 2.67. The second-order valence-electron chi connectivity index (χ2n) is 18.1. The number of allylic oxidation sites excluding steroid dienone is 5. The van der Waals surface area contributed by atoms with Crippen molar-refractivity contribution in [2.45, 2.75) is 125 Å². The SMILES string of the molecule is C/C=C/C/C=C/[C@H](C)C[C@H](OC(=O)[C@](OC)(c1ccccc1)C(F)(F)F)[C@@H]1C[C@@H]2O[C@H]2/C=C/[C@H](OC(=O)[C@](OC)(c2ccccc2)C(F)(F)F)[C@@H](OC(=O)[C@](OC)(c2ccccc2)C(F)(F)F)/C=C/C[C@H](C)CC(=O)O1. The molecule has 0 aromatic heterocycles.